The smallest absolute Gasteiger partial charge is 0.254 e. The number of aromatic nitrogens is 4. The molecule has 0 unspecified atom stereocenters. The molecule has 0 spiro atoms. The van der Waals surface area contributed by atoms with E-state index >= 15 is 0 Å². The molecule has 6 nitrogen and oxygen atoms in total. The van der Waals surface area contributed by atoms with Crippen LogP contribution in [0.25, 0.3) is 5.65 Å². The molecule has 0 aromatic carbocycles. The van der Waals surface area contributed by atoms with Crippen molar-refractivity contribution < 1.29 is 4.79 Å². The van der Waals surface area contributed by atoms with Crippen molar-refractivity contribution in [1.29, 1.82) is 0 Å². The Morgan fingerprint density at radius 2 is 2.33 bits per heavy atom. The summed E-state index contributed by atoms with van der Waals surface area (Å²) in [6.07, 6.45) is 3.41. The van der Waals surface area contributed by atoms with Gasteiger partial charge in [0.15, 0.2) is 11.5 Å². The maximum Gasteiger partial charge on any atom is 0.254 e. The molecule has 7 heteroatoms. The highest BCUT2D eigenvalue weighted by atomic mass is 32.1. The Morgan fingerprint density at radius 3 is 3.17 bits per heavy atom. The van der Waals surface area contributed by atoms with Gasteiger partial charge in [-0.3, -0.25) is 9.20 Å². The summed E-state index contributed by atoms with van der Waals surface area (Å²) < 4.78 is 5.73. The average Bonchev–Trinajstić information content (AvgIpc) is 3.06. The van der Waals surface area contributed by atoms with E-state index in [0.717, 1.165) is 5.65 Å². The predicted octanol–water partition coefficient (Wildman–Crippen LogP) is 1.12. The van der Waals surface area contributed by atoms with E-state index in [9.17, 15) is 4.79 Å². The van der Waals surface area contributed by atoms with Gasteiger partial charge in [-0.05, 0) is 23.7 Å². The van der Waals surface area contributed by atoms with Gasteiger partial charge >= 0.3 is 0 Å². The molecular formula is C11H9N5OS. The summed E-state index contributed by atoms with van der Waals surface area (Å²) in [6, 6.07) is 5.65. The molecule has 0 fully saturated rings. The molecular weight excluding hydrogens is 250 g/mol. The van der Waals surface area contributed by atoms with Gasteiger partial charge in [-0.1, -0.05) is 6.07 Å². The van der Waals surface area contributed by atoms with E-state index in [0.29, 0.717) is 17.9 Å². The lowest BCUT2D eigenvalue weighted by Gasteiger charge is -2.01. The minimum absolute atomic E-state index is 0.156. The topological polar surface area (TPSA) is 72.2 Å². The average molecular weight is 259 g/mol. The van der Waals surface area contributed by atoms with Crippen LogP contribution in [0.5, 0.6) is 0 Å². The fraction of sp³-hybridized carbons (Fsp3) is 0.0909. The van der Waals surface area contributed by atoms with Crippen LogP contribution in [0.3, 0.4) is 0 Å². The van der Waals surface area contributed by atoms with Crippen LogP contribution in [0.1, 0.15) is 16.2 Å². The van der Waals surface area contributed by atoms with Gasteiger partial charge in [-0.15, -0.1) is 10.2 Å². The highest BCUT2D eigenvalue weighted by molar-refractivity contribution is 7.03. The number of nitrogens with one attached hydrogen (secondary N) is 1. The van der Waals surface area contributed by atoms with Gasteiger partial charge in [0.1, 0.15) is 0 Å². The van der Waals surface area contributed by atoms with E-state index < -0.39 is 0 Å². The lowest BCUT2D eigenvalue weighted by molar-refractivity contribution is 0.0950. The van der Waals surface area contributed by atoms with Crippen molar-refractivity contribution in [1.82, 2.24) is 24.3 Å². The molecule has 0 saturated heterocycles. The van der Waals surface area contributed by atoms with E-state index in [1.165, 1.54) is 11.5 Å². The Hall–Kier alpha value is -2.28. The van der Waals surface area contributed by atoms with Crippen LogP contribution < -0.4 is 5.32 Å². The number of pyridine rings is 1. The largest absolute Gasteiger partial charge is 0.345 e. The maximum absolute atomic E-state index is 11.7. The van der Waals surface area contributed by atoms with Crippen molar-refractivity contribution >= 4 is 23.1 Å². The van der Waals surface area contributed by atoms with Crippen molar-refractivity contribution in [2.45, 2.75) is 6.54 Å². The fourth-order valence-corrected chi connectivity index (χ4v) is 2.11. The van der Waals surface area contributed by atoms with Gasteiger partial charge < -0.3 is 5.32 Å². The van der Waals surface area contributed by atoms with E-state index in [1.54, 1.807) is 11.6 Å². The third-order valence-electron chi connectivity index (χ3n) is 2.49. The van der Waals surface area contributed by atoms with Gasteiger partial charge in [0.2, 0.25) is 0 Å². The molecule has 0 bridgehead atoms. The summed E-state index contributed by atoms with van der Waals surface area (Å²) in [5, 5.41) is 12.5. The molecule has 18 heavy (non-hydrogen) atoms. The summed E-state index contributed by atoms with van der Waals surface area (Å²) >= 11 is 1.25. The Labute approximate surface area is 106 Å². The molecule has 0 aliphatic carbocycles. The van der Waals surface area contributed by atoms with Crippen LogP contribution in [0.15, 0.2) is 36.0 Å². The third-order valence-corrected chi connectivity index (χ3v) is 3.07. The standard InChI is InChI=1S/C11H9N5OS/c17-11(8-5-13-18-7-8)12-6-10-15-14-9-3-1-2-4-16(9)10/h1-5,7H,6H2,(H,12,17). The minimum atomic E-state index is -0.156. The molecule has 0 radical (unpaired) electrons. The van der Waals surface area contributed by atoms with Gasteiger partial charge in [-0.2, -0.15) is 0 Å². The number of hydrogen-bond donors (Lipinski definition) is 1. The van der Waals surface area contributed by atoms with Crippen LogP contribution in [0.2, 0.25) is 0 Å². The third kappa shape index (κ3) is 1.95. The number of nitrogens with zero attached hydrogens (tertiary/aromatic N) is 4. The number of amides is 1. The first-order chi connectivity index (χ1) is 8.84. The van der Waals surface area contributed by atoms with Gasteiger partial charge in [-0.25, -0.2) is 4.37 Å². The van der Waals surface area contributed by atoms with E-state index in [-0.39, 0.29) is 5.91 Å². The zero-order valence-corrected chi connectivity index (χ0v) is 10.1. The number of rotatable bonds is 3. The van der Waals surface area contributed by atoms with Crippen molar-refractivity contribution in [3.8, 4) is 0 Å². The Kier molecular flexibility index (Phi) is 2.73. The Bertz CT molecular complexity index is 676. The molecule has 3 heterocycles. The van der Waals surface area contributed by atoms with Crippen LogP contribution in [-0.4, -0.2) is 24.9 Å². The molecule has 0 atom stereocenters. The first kappa shape index (κ1) is 10.8. The minimum Gasteiger partial charge on any atom is -0.345 e. The molecule has 0 saturated carbocycles. The van der Waals surface area contributed by atoms with Crippen molar-refractivity contribution in [3.63, 3.8) is 0 Å². The maximum atomic E-state index is 11.7. The van der Waals surface area contributed by atoms with Gasteiger partial charge in [0.05, 0.1) is 18.3 Å². The Balaban J connectivity index is 1.76. The van der Waals surface area contributed by atoms with E-state index in [1.807, 2.05) is 28.8 Å². The molecule has 0 aliphatic heterocycles. The van der Waals surface area contributed by atoms with Gasteiger partial charge in [0.25, 0.3) is 5.91 Å². The molecule has 3 aromatic rings. The second-order valence-electron chi connectivity index (χ2n) is 3.64. The number of fused-ring (bicyclic) bond motifs is 1. The molecule has 3 aromatic heterocycles. The summed E-state index contributed by atoms with van der Waals surface area (Å²) in [6.45, 7) is 0.333. The summed E-state index contributed by atoms with van der Waals surface area (Å²) in [4.78, 5) is 11.7. The van der Waals surface area contributed by atoms with Crippen LogP contribution >= 0.6 is 11.5 Å². The normalized spacial score (nSPS) is 10.7. The zero-order chi connectivity index (χ0) is 12.4. The van der Waals surface area contributed by atoms with Crippen LogP contribution in [-0.2, 0) is 6.54 Å². The second-order valence-corrected chi connectivity index (χ2v) is 4.30. The molecule has 1 amide bonds. The van der Waals surface area contributed by atoms with Crippen molar-refractivity contribution in [3.05, 3.63) is 47.4 Å². The molecule has 1 N–H and O–H groups in total. The molecule has 90 valence electrons. The number of hydrogen-bond acceptors (Lipinski definition) is 5. The van der Waals surface area contributed by atoms with Gasteiger partial charge in [0, 0.05) is 11.6 Å². The monoisotopic (exact) mass is 259 g/mol. The summed E-state index contributed by atoms with van der Waals surface area (Å²) in [5.41, 5.74) is 1.33. The first-order valence-corrected chi connectivity index (χ1v) is 6.14. The Morgan fingerprint density at radius 1 is 1.39 bits per heavy atom. The van der Waals surface area contributed by atoms with E-state index in [4.69, 9.17) is 0 Å². The zero-order valence-electron chi connectivity index (χ0n) is 9.28. The summed E-state index contributed by atoms with van der Waals surface area (Å²) in [7, 11) is 0. The van der Waals surface area contributed by atoms with E-state index in [2.05, 4.69) is 19.9 Å². The van der Waals surface area contributed by atoms with Crippen molar-refractivity contribution in [2.75, 3.05) is 0 Å². The summed E-state index contributed by atoms with van der Waals surface area (Å²) in [5.74, 6) is 0.540. The lowest BCUT2D eigenvalue weighted by Crippen LogP contribution is -2.23. The number of carbonyl (C=O) groups is 1. The quantitative estimate of drug-likeness (QED) is 0.765. The predicted molar refractivity (Wildman–Crippen MR) is 66.3 cm³/mol. The van der Waals surface area contributed by atoms with Crippen molar-refractivity contribution in [2.24, 2.45) is 0 Å². The van der Waals surface area contributed by atoms with Crippen LogP contribution in [0, 0.1) is 0 Å². The first-order valence-electron chi connectivity index (χ1n) is 5.31. The SMILES string of the molecule is O=C(NCc1nnc2ccccn12)c1cnsc1. The molecule has 0 aliphatic rings. The molecule has 3 rings (SSSR count). The highest BCUT2D eigenvalue weighted by Gasteiger charge is 2.09. The second kappa shape index (κ2) is 4.53. The highest BCUT2D eigenvalue weighted by Crippen LogP contribution is 2.04. The fourth-order valence-electron chi connectivity index (χ4n) is 1.59. The van der Waals surface area contributed by atoms with Crippen LogP contribution in [0.4, 0.5) is 0 Å². The lowest BCUT2D eigenvalue weighted by atomic mass is 10.3. The number of carbonyl (C=O) groups excluding carboxylic acids is 1.